The predicted octanol–water partition coefficient (Wildman–Crippen LogP) is 3.25. The van der Waals surface area contributed by atoms with Gasteiger partial charge < -0.3 is 10.6 Å². The first kappa shape index (κ1) is 15.0. The Labute approximate surface area is 124 Å². The number of anilines is 1. The van der Waals surface area contributed by atoms with Crippen LogP contribution < -0.4 is 10.6 Å². The van der Waals surface area contributed by atoms with Crippen molar-refractivity contribution in [2.24, 2.45) is 5.73 Å². The molecule has 2 aromatic carbocycles. The summed E-state index contributed by atoms with van der Waals surface area (Å²) in [5, 5.41) is 8.87. The fourth-order valence-corrected chi connectivity index (χ4v) is 2.38. The van der Waals surface area contributed by atoms with Crippen molar-refractivity contribution < 1.29 is 4.39 Å². The lowest BCUT2D eigenvalue weighted by Gasteiger charge is -2.33. The van der Waals surface area contributed by atoms with Crippen LogP contribution in [0.3, 0.4) is 0 Å². The van der Waals surface area contributed by atoms with Gasteiger partial charge in [0.2, 0.25) is 0 Å². The van der Waals surface area contributed by atoms with Crippen LogP contribution in [0.4, 0.5) is 10.1 Å². The number of benzene rings is 2. The lowest BCUT2D eigenvalue weighted by atomic mass is 10.0. The smallest absolute Gasteiger partial charge is 0.123 e. The van der Waals surface area contributed by atoms with E-state index in [1.54, 1.807) is 12.1 Å². The lowest BCUT2D eigenvalue weighted by molar-refractivity contribution is 0.613. The Morgan fingerprint density at radius 1 is 1.10 bits per heavy atom. The molecule has 108 valence electrons. The minimum Gasteiger partial charge on any atom is -0.362 e. The molecule has 0 aliphatic heterocycles. The van der Waals surface area contributed by atoms with Crippen molar-refractivity contribution in [3.05, 3.63) is 66.0 Å². The van der Waals surface area contributed by atoms with E-state index < -0.39 is 0 Å². The molecule has 0 saturated heterocycles. The number of nitrogens with zero attached hydrogens (tertiary/aromatic N) is 2. The first-order chi connectivity index (χ1) is 10.3. The molecule has 1 unspecified atom stereocenters. The van der Waals surface area contributed by atoms with Gasteiger partial charge in [-0.05, 0) is 29.8 Å². The molecule has 0 aliphatic carbocycles. The minimum absolute atomic E-state index is 0.0821. The first-order valence-corrected chi connectivity index (χ1v) is 6.90. The van der Waals surface area contributed by atoms with E-state index >= 15 is 0 Å². The average molecular weight is 283 g/mol. The third-order valence-corrected chi connectivity index (χ3v) is 3.41. The number of hydrogen-bond donors (Lipinski definition) is 1. The van der Waals surface area contributed by atoms with Gasteiger partial charge in [-0.2, -0.15) is 5.26 Å². The number of halogens is 1. The van der Waals surface area contributed by atoms with Gasteiger partial charge in [-0.1, -0.05) is 30.3 Å². The maximum absolute atomic E-state index is 13.1. The van der Waals surface area contributed by atoms with E-state index in [0.29, 0.717) is 19.5 Å². The van der Waals surface area contributed by atoms with E-state index in [-0.39, 0.29) is 11.9 Å². The third-order valence-electron chi connectivity index (χ3n) is 3.41. The summed E-state index contributed by atoms with van der Waals surface area (Å²) in [6.07, 6.45) is 0.409. The number of rotatable bonds is 6. The maximum atomic E-state index is 13.1. The Hall–Kier alpha value is -2.38. The van der Waals surface area contributed by atoms with Crippen LogP contribution in [0.2, 0.25) is 0 Å². The summed E-state index contributed by atoms with van der Waals surface area (Å²) in [7, 11) is 0. The minimum atomic E-state index is -0.266. The standard InChI is InChI=1S/C17H18FN3/c18-15-9-7-14(8-10-15)17(13-20)21(12-4-11-19)16-5-2-1-3-6-16/h1-3,5-10,17H,4,12-13,20H2. The lowest BCUT2D eigenvalue weighted by Crippen LogP contribution is -2.34. The highest BCUT2D eigenvalue weighted by Gasteiger charge is 2.19. The summed E-state index contributed by atoms with van der Waals surface area (Å²) >= 11 is 0. The molecule has 2 N–H and O–H groups in total. The SMILES string of the molecule is N#CCCN(c1ccccc1)C(CN)c1ccc(F)cc1. The van der Waals surface area contributed by atoms with Crippen LogP contribution in [0.1, 0.15) is 18.0 Å². The topological polar surface area (TPSA) is 53.0 Å². The van der Waals surface area contributed by atoms with E-state index in [1.165, 1.54) is 12.1 Å². The molecule has 0 aromatic heterocycles. The van der Waals surface area contributed by atoms with Crippen molar-refractivity contribution in [1.82, 2.24) is 0 Å². The zero-order valence-electron chi connectivity index (χ0n) is 11.7. The fourth-order valence-electron chi connectivity index (χ4n) is 2.38. The second-order valence-electron chi connectivity index (χ2n) is 4.74. The first-order valence-electron chi connectivity index (χ1n) is 6.90. The summed E-state index contributed by atoms with van der Waals surface area (Å²) < 4.78 is 13.1. The average Bonchev–Trinajstić information content (AvgIpc) is 2.53. The Kier molecular flexibility index (Phi) is 5.30. The molecular formula is C17H18FN3. The number of nitriles is 1. The van der Waals surface area contributed by atoms with Crippen LogP contribution in [0.15, 0.2) is 54.6 Å². The Balaban J connectivity index is 2.33. The summed E-state index contributed by atoms with van der Waals surface area (Å²) in [5.41, 5.74) is 7.89. The van der Waals surface area contributed by atoms with E-state index in [1.807, 2.05) is 30.3 Å². The molecule has 0 heterocycles. The van der Waals surface area contributed by atoms with Crippen LogP contribution in [-0.2, 0) is 0 Å². The quantitative estimate of drug-likeness (QED) is 0.885. The van der Waals surface area contributed by atoms with E-state index in [2.05, 4.69) is 11.0 Å². The second kappa shape index (κ2) is 7.41. The van der Waals surface area contributed by atoms with Gasteiger partial charge in [0.05, 0.1) is 18.5 Å². The van der Waals surface area contributed by atoms with Gasteiger partial charge in [0, 0.05) is 18.8 Å². The zero-order chi connectivity index (χ0) is 15.1. The molecular weight excluding hydrogens is 265 g/mol. The third kappa shape index (κ3) is 3.80. The molecule has 0 bridgehead atoms. The molecule has 0 saturated carbocycles. The summed E-state index contributed by atoms with van der Waals surface area (Å²) in [5.74, 6) is -0.266. The second-order valence-corrected chi connectivity index (χ2v) is 4.74. The fraction of sp³-hybridized carbons (Fsp3) is 0.235. The molecule has 0 spiro atoms. The van der Waals surface area contributed by atoms with Crippen LogP contribution >= 0.6 is 0 Å². The molecule has 2 rings (SSSR count). The number of nitrogens with two attached hydrogens (primary N) is 1. The molecule has 3 nitrogen and oxygen atoms in total. The molecule has 21 heavy (non-hydrogen) atoms. The van der Waals surface area contributed by atoms with Crippen molar-refractivity contribution in [3.8, 4) is 6.07 Å². The summed E-state index contributed by atoms with van der Waals surface area (Å²) in [6.45, 7) is 0.978. The number of para-hydroxylation sites is 1. The molecule has 0 amide bonds. The summed E-state index contributed by atoms with van der Waals surface area (Å²) in [6, 6.07) is 18.3. The highest BCUT2D eigenvalue weighted by molar-refractivity contribution is 5.49. The van der Waals surface area contributed by atoms with Crippen LogP contribution in [0, 0.1) is 17.1 Å². The van der Waals surface area contributed by atoms with Gasteiger partial charge in [0.25, 0.3) is 0 Å². The van der Waals surface area contributed by atoms with Crippen LogP contribution in [0.25, 0.3) is 0 Å². The Morgan fingerprint density at radius 3 is 2.33 bits per heavy atom. The van der Waals surface area contributed by atoms with Crippen molar-refractivity contribution in [2.45, 2.75) is 12.5 Å². The van der Waals surface area contributed by atoms with Gasteiger partial charge >= 0.3 is 0 Å². The van der Waals surface area contributed by atoms with E-state index in [9.17, 15) is 4.39 Å². The molecule has 4 heteroatoms. The monoisotopic (exact) mass is 283 g/mol. The summed E-state index contributed by atoms with van der Waals surface area (Å²) in [4.78, 5) is 2.09. The van der Waals surface area contributed by atoms with Gasteiger partial charge in [0.15, 0.2) is 0 Å². The molecule has 1 atom stereocenters. The van der Waals surface area contributed by atoms with Crippen molar-refractivity contribution in [1.29, 1.82) is 5.26 Å². The van der Waals surface area contributed by atoms with Gasteiger partial charge in [-0.15, -0.1) is 0 Å². The van der Waals surface area contributed by atoms with Gasteiger partial charge in [-0.25, -0.2) is 4.39 Å². The van der Waals surface area contributed by atoms with Crippen molar-refractivity contribution >= 4 is 5.69 Å². The van der Waals surface area contributed by atoms with Crippen LogP contribution in [0.5, 0.6) is 0 Å². The van der Waals surface area contributed by atoms with E-state index in [4.69, 9.17) is 11.0 Å². The predicted molar refractivity (Wildman–Crippen MR) is 82.2 cm³/mol. The molecule has 0 fully saturated rings. The highest BCUT2D eigenvalue weighted by Crippen LogP contribution is 2.26. The Bertz CT molecular complexity index is 590. The molecule has 2 aromatic rings. The maximum Gasteiger partial charge on any atom is 0.123 e. The van der Waals surface area contributed by atoms with Gasteiger partial charge in [0.1, 0.15) is 5.82 Å². The zero-order valence-corrected chi connectivity index (χ0v) is 11.7. The highest BCUT2D eigenvalue weighted by atomic mass is 19.1. The van der Waals surface area contributed by atoms with E-state index in [0.717, 1.165) is 11.3 Å². The van der Waals surface area contributed by atoms with Crippen molar-refractivity contribution in [3.63, 3.8) is 0 Å². The van der Waals surface area contributed by atoms with Gasteiger partial charge in [-0.3, -0.25) is 0 Å². The molecule has 0 aliphatic rings. The number of hydrogen-bond acceptors (Lipinski definition) is 3. The molecule has 0 radical (unpaired) electrons. The largest absolute Gasteiger partial charge is 0.362 e. The Morgan fingerprint density at radius 2 is 1.76 bits per heavy atom. The van der Waals surface area contributed by atoms with Crippen molar-refractivity contribution in [2.75, 3.05) is 18.0 Å². The normalized spacial score (nSPS) is 11.7. The van der Waals surface area contributed by atoms with Crippen LogP contribution in [-0.4, -0.2) is 13.1 Å².